The zero-order valence-electron chi connectivity index (χ0n) is 50.4. The molecule has 0 unspecified atom stereocenters. The van der Waals surface area contributed by atoms with E-state index in [1.54, 1.807) is 0 Å². The molecule has 0 atom stereocenters. The molecule has 6 heteroatoms. The van der Waals surface area contributed by atoms with Crippen LogP contribution in [0.3, 0.4) is 0 Å². The SMILES string of the molecule is Cc1cc2c3c(c1)N1c4c(cc(C(C)(C)C)cc4-n4c5ccc(C(C)(C)C)cc5c5cc(C(C)(C)C)cc1c54)B3c1ccc(N(c3ccc(C(C)(C)C)cc3)c3ccc(C(C)(C)C)cc3)cc1N2c1cccc2sc3ccccc3c12. The van der Waals surface area contributed by atoms with Gasteiger partial charge in [0.2, 0.25) is 0 Å². The lowest BCUT2D eigenvalue weighted by molar-refractivity contribution is 0.590. The number of anilines is 9. The van der Waals surface area contributed by atoms with Gasteiger partial charge >= 0.3 is 0 Å². The van der Waals surface area contributed by atoms with Crippen molar-refractivity contribution in [3.05, 3.63) is 197 Å². The molecule has 81 heavy (non-hydrogen) atoms. The third-order valence-electron chi connectivity index (χ3n) is 18.1. The number of hydrogen-bond donors (Lipinski definition) is 0. The van der Waals surface area contributed by atoms with Crippen LogP contribution in [0.15, 0.2) is 164 Å². The quantitative estimate of drug-likeness (QED) is 0.163. The molecule has 0 fully saturated rings. The van der Waals surface area contributed by atoms with Crippen LogP contribution in [0.5, 0.6) is 0 Å². The first-order chi connectivity index (χ1) is 38.2. The number of aromatic nitrogens is 1. The molecule has 5 heterocycles. The molecular weight excluding hydrogens is 1000 g/mol. The number of hydrogen-bond acceptors (Lipinski definition) is 4. The highest BCUT2D eigenvalue weighted by Crippen LogP contribution is 2.56. The van der Waals surface area contributed by atoms with E-state index >= 15 is 0 Å². The van der Waals surface area contributed by atoms with E-state index in [0.717, 1.165) is 17.1 Å². The first kappa shape index (κ1) is 51.6. The smallest absolute Gasteiger partial charge is 0.252 e. The molecule has 0 bridgehead atoms. The van der Waals surface area contributed by atoms with Gasteiger partial charge in [-0.1, -0.05) is 171 Å². The molecule has 0 N–H and O–H groups in total. The molecule has 3 aliphatic heterocycles. The Hall–Kier alpha value is -7.54. The van der Waals surface area contributed by atoms with Crippen molar-refractivity contribution in [1.29, 1.82) is 0 Å². The van der Waals surface area contributed by atoms with Gasteiger partial charge in [0.1, 0.15) is 0 Å². The Labute approximate surface area is 484 Å². The van der Waals surface area contributed by atoms with E-state index in [0.29, 0.717) is 0 Å². The molecule has 0 aliphatic carbocycles. The predicted octanol–water partition coefficient (Wildman–Crippen LogP) is 19.8. The molecule has 0 saturated heterocycles. The third kappa shape index (κ3) is 7.90. The summed E-state index contributed by atoms with van der Waals surface area (Å²) in [6, 6.07) is 64.6. The largest absolute Gasteiger partial charge is 0.311 e. The van der Waals surface area contributed by atoms with Crippen molar-refractivity contribution >= 4 is 128 Å². The zero-order chi connectivity index (χ0) is 56.8. The average Bonchev–Trinajstić information content (AvgIpc) is 2.24. The summed E-state index contributed by atoms with van der Waals surface area (Å²) in [5, 5.41) is 5.22. The third-order valence-corrected chi connectivity index (χ3v) is 19.2. The van der Waals surface area contributed by atoms with Gasteiger partial charge < -0.3 is 19.3 Å². The summed E-state index contributed by atoms with van der Waals surface area (Å²) < 4.78 is 5.25. The van der Waals surface area contributed by atoms with Gasteiger partial charge in [0.05, 0.1) is 33.8 Å². The van der Waals surface area contributed by atoms with E-state index in [-0.39, 0.29) is 33.8 Å². The Morgan fingerprint density at radius 3 is 1.56 bits per heavy atom. The molecule has 0 amide bonds. The van der Waals surface area contributed by atoms with Crippen molar-refractivity contribution in [3.63, 3.8) is 0 Å². The van der Waals surface area contributed by atoms with Crippen molar-refractivity contribution in [1.82, 2.24) is 4.57 Å². The fraction of sp³-hybridized carbons (Fsp3) is 0.280. The minimum Gasteiger partial charge on any atom is -0.311 e. The highest BCUT2D eigenvalue weighted by atomic mass is 32.1. The lowest BCUT2D eigenvalue weighted by atomic mass is 9.33. The van der Waals surface area contributed by atoms with Crippen molar-refractivity contribution in [2.45, 2.75) is 138 Å². The highest BCUT2D eigenvalue weighted by Gasteiger charge is 2.48. The number of thiophene rings is 1. The molecule has 0 saturated carbocycles. The van der Waals surface area contributed by atoms with Gasteiger partial charge in [0.15, 0.2) is 0 Å². The van der Waals surface area contributed by atoms with Crippen molar-refractivity contribution in [2.75, 3.05) is 14.7 Å². The van der Waals surface area contributed by atoms with Crippen LogP contribution in [0.1, 0.15) is 137 Å². The molecule has 11 aromatic rings. The van der Waals surface area contributed by atoms with Crippen molar-refractivity contribution < 1.29 is 0 Å². The van der Waals surface area contributed by atoms with Crippen LogP contribution in [0.25, 0.3) is 47.7 Å². The Bertz CT molecular complexity index is 4380. The molecule has 4 nitrogen and oxygen atoms in total. The van der Waals surface area contributed by atoms with Crippen LogP contribution >= 0.6 is 11.3 Å². The fourth-order valence-electron chi connectivity index (χ4n) is 13.5. The summed E-state index contributed by atoms with van der Waals surface area (Å²) in [5.41, 5.74) is 26.3. The Kier molecular flexibility index (Phi) is 11.0. The maximum Gasteiger partial charge on any atom is 0.252 e. The second kappa shape index (κ2) is 17.3. The normalized spacial score (nSPS) is 14.1. The standard InChI is InChI=1S/C75H75BN4S/c1-44-36-61-68-62(37-44)80-63-41-48(74(11,12)13)39-55-54-38-47(73(8,9)10)28-35-58(54)79(69(55)63)64-42-49(75(14,15)16)40-57(70(64)80)76(68)56-34-33-52(43-60(56)78(61)59-21-19-23-66-67(59)53-20-17-18-22-65(53)81-66)77(50-29-24-45(25-30-50)71(2,3)4)51-31-26-46(27-32-51)72(5,6)7/h17-43H,1-16H3. The molecule has 14 rings (SSSR count). The molecule has 0 spiro atoms. The fourth-order valence-corrected chi connectivity index (χ4v) is 14.7. The summed E-state index contributed by atoms with van der Waals surface area (Å²) in [6.45, 7) is 37.4. The Morgan fingerprint density at radius 2 is 0.926 bits per heavy atom. The molecule has 404 valence electrons. The predicted molar refractivity (Wildman–Crippen MR) is 354 cm³/mol. The molecule has 0 radical (unpaired) electrons. The van der Waals surface area contributed by atoms with Crippen LogP contribution < -0.4 is 31.1 Å². The number of rotatable bonds is 4. The van der Waals surface area contributed by atoms with Crippen LogP contribution in [0.4, 0.5) is 51.2 Å². The van der Waals surface area contributed by atoms with Gasteiger partial charge in [-0.3, -0.25) is 0 Å². The van der Waals surface area contributed by atoms with Crippen LogP contribution in [-0.4, -0.2) is 11.3 Å². The van der Waals surface area contributed by atoms with Gasteiger partial charge in [0, 0.05) is 65.1 Å². The van der Waals surface area contributed by atoms with E-state index in [2.05, 4.69) is 294 Å². The first-order valence-electron chi connectivity index (χ1n) is 29.4. The lowest BCUT2D eigenvalue weighted by Gasteiger charge is -2.47. The van der Waals surface area contributed by atoms with E-state index in [9.17, 15) is 0 Å². The maximum absolute atomic E-state index is 2.71. The monoisotopic (exact) mass is 1070 g/mol. The van der Waals surface area contributed by atoms with Crippen molar-refractivity contribution in [3.8, 4) is 5.69 Å². The summed E-state index contributed by atoms with van der Waals surface area (Å²) in [6.07, 6.45) is 0. The summed E-state index contributed by atoms with van der Waals surface area (Å²) in [4.78, 5) is 7.86. The number of nitrogens with zero attached hydrogens (tertiary/aromatic N) is 4. The topological polar surface area (TPSA) is 14.7 Å². The molecule has 3 aliphatic rings. The van der Waals surface area contributed by atoms with Crippen LogP contribution in [0.2, 0.25) is 0 Å². The highest BCUT2D eigenvalue weighted by molar-refractivity contribution is 7.26. The Morgan fingerprint density at radius 1 is 0.383 bits per heavy atom. The number of benzene rings is 9. The first-order valence-corrected chi connectivity index (χ1v) is 30.2. The zero-order valence-corrected chi connectivity index (χ0v) is 51.2. The van der Waals surface area contributed by atoms with E-state index < -0.39 is 0 Å². The molecule has 2 aromatic heterocycles. The number of fused-ring (bicyclic) bond motifs is 12. The minimum atomic E-state index is -0.140. The van der Waals surface area contributed by atoms with Crippen LogP contribution in [-0.2, 0) is 27.1 Å². The second-order valence-electron chi connectivity index (χ2n) is 28.9. The molecular formula is C75H75BN4S. The second-order valence-corrected chi connectivity index (χ2v) is 30.0. The average molecular weight is 1080 g/mol. The van der Waals surface area contributed by atoms with Crippen molar-refractivity contribution in [2.24, 2.45) is 0 Å². The van der Waals surface area contributed by atoms with Gasteiger partial charge in [-0.25, -0.2) is 0 Å². The minimum absolute atomic E-state index is 0.00833. The van der Waals surface area contributed by atoms with Gasteiger partial charge in [0.25, 0.3) is 6.71 Å². The summed E-state index contributed by atoms with van der Waals surface area (Å²) >= 11 is 1.89. The van der Waals surface area contributed by atoms with E-state index in [4.69, 9.17) is 0 Å². The number of aryl methyl sites for hydroxylation is 1. The Balaban J connectivity index is 1.11. The van der Waals surface area contributed by atoms with Gasteiger partial charge in [-0.05, 0) is 181 Å². The maximum atomic E-state index is 2.71. The summed E-state index contributed by atoms with van der Waals surface area (Å²) in [7, 11) is 0. The van der Waals surface area contributed by atoms with Gasteiger partial charge in [-0.15, -0.1) is 11.3 Å². The van der Waals surface area contributed by atoms with Crippen LogP contribution in [0, 0.1) is 6.92 Å². The lowest BCUT2D eigenvalue weighted by Crippen LogP contribution is -2.62. The van der Waals surface area contributed by atoms with E-state index in [1.807, 2.05) is 11.3 Å². The van der Waals surface area contributed by atoms with Gasteiger partial charge in [-0.2, -0.15) is 0 Å². The van der Waals surface area contributed by atoms with E-state index in [1.165, 1.54) is 132 Å². The summed E-state index contributed by atoms with van der Waals surface area (Å²) in [5.74, 6) is 0. The molecule has 9 aromatic carbocycles.